The molecule has 2 aromatic rings. The normalized spacial score (nSPS) is 21.5. The van der Waals surface area contributed by atoms with Gasteiger partial charge in [-0.2, -0.15) is 5.10 Å². The van der Waals surface area contributed by atoms with Crippen molar-refractivity contribution < 1.29 is 19.5 Å². The number of benzene rings is 2. The first-order chi connectivity index (χ1) is 26.6. The third-order valence-electron chi connectivity index (χ3n) is 13.5. The van der Waals surface area contributed by atoms with Crippen molar-refractivity contribution in [3.05, 3.63) is 75.1 Å². The fraction of sp³-hybridized carbons (Fsp3) is 0.574. The van der Waals surface area contributed by atoms with Gasteiger partial charge in [0.05, 0.1) is 34.2 Å². The van der Waals surface area contributed by atoms with E-state index >= 15 is 0 Å². The van der Waals surface area contributed by atoms with Crippen molar-refractivity contribution in [3.8, 4) is 0 Å². The van der Waals surface area contributed by atoms with Gasteiger partial charge < -0.3 is 15.3 Å². The Balaban J connectivity index is 1.22. The molecule has 3 saturated carbocycles. The number of hydrogen-bond donors (Lipinski definition) is 2. The summed E-state index contributed by atoms with van der Waals surface area (Å²) in [5, 5.41) is 21.5. The molecule has 294 valence electrons. The number of anilines is 2. The number of Topliss-reactive ketones (excluding diaryl/α,β-unsaturated/α-hetero) is 1. The number of rotatable bonds is 12. The highest BCUT2D eigenvalue weighted by Gasteiger charge is 2.47. The summed E-state index contributed by atoms with van der Waals surface area (Å²) >= 11 is 0. The summed E-state index contributed by atoms with van der Waals surface area (Å²) in [6.45, 7) is 11.5. The minimum absolute atomic E-state index is 0.0182. The van der Waals surface area contributed by atoms with Gasteiger partial charge >= 0.3 is 0 Å². The van der Waals surface area contributed by atoms with Crippen LogP contribution in [0.2, 0.25) is 0 Å². The van der Waals surface area contributed by atoms with Crippen molar-refractivity contribution in [2.45, 2.75) is 143 Å². The fourth-order valence-corrected chi connectivity index (χ4v) is 10.7. The average molecular weight is 747 g/mol. The highest BCUT2D eigenvalue weighted by molar-refractivity contribution is 6.44. The average Bonchev–Trinajstić information content (AvgIpc) is 3.79. The lowest BCUT2D eigenvalue weighted by Gasteiger charge is -2.41. The van der Waals surface area contributed by atoms with Crippen LogP contribution in [0.25, 0.3) is 5.57 Å². The lowest BCUT2D eigenvalue weighted by atomic mass is 9.73. The standard InChI is InChI=1S/C47H62N4O4/c1-6-50(25-15-18-33-16-13-14-17-33)36-23-24-37(38(28-36)48-46(54)39-30(3)26-29(2)27-31(39)4)41-44(52)42(45(41)53)40-32(5)49-51(47(40)55)43(34-19-9-7-10-20-34)35-21-11-8-12-22-35/h23-24,26-28,33-35,43,52H,6-22,25H2,1-5H3,(H,48,54)/b42-40+. The van der Waals surface area contributed by atoms with Crippen LogP contribution in [-0.2, 0) is 9.59 Å². The van der Waals surface area contributed by atoms with Gasteiger partial charge in [-0.25, -0.2) is 5.01 Å². The minimum atomic E-state index is -0.390. The Morgan fingerprint density at radius 3 is 2.02 bits per heavy atom. The number of carbonyl (C=O) groups is 3. The Morgan fingerprint density at radius 1 is 0.836 bits per heavy atom. The zero-order chi connectivity index (χ0) is 38.8. The maximum absolute atomic E-state index is 14.4. The van der Waals surface area contributed by atoms with Gasteiger partial charge in [-0.15, -0.1) is 0 Å². The van der Waals surface area contributed by atoms with Crippen LogP contribution >= 0.6 is 0 Å². The Morgan fingerprint density at radius 2 is 1.44 bits per heavy atom. The second-order valence-corrected chi connectivity index (χ2v) is 17.3. The van der Waals surface area contributed by atoms with Gasteiger partial charge in [0.1, 0.15) is 5.76 Å². The van der Waals surface area contributed by atoms with Crippen molar-refractivity contribution in [2.24, 2.45) is 22.9 Å². The molecule has 0 bridgehead atoms. The third-order valence-corrected chi connectivity index (χ3v) is 13.5. The molecule has 2 amide bonds. The van der Waals surface area contributed by atoms with Crippen LogP contribution in [0.5, 0.6) is 0 Å². The molecule has 0 aromatic heterocycles. The maximum Gasteiger partial charge on any atom is 0.277 e. The number of ketones is 1. The van der Waals surface area contributed by atoms with Gasteiger partial charge in [0.15, 0.2) is 0 Å². The predicted octanol–water partition coefficient (Wildman–Crippen LogP) is 10.6. The highest BCUT2D eigenvalue weighted by Crippen LogP contribution is 2.45. The first-order valence-electron chi connectivity index (χ1n) is 21.5. The van der Waals surface area contributed by atoms with Crippen LogP contribution in [0, 0.1) is 38.5 Å². The van der Waals surface area contributed by atoms with Crippen LogP contribution in [0.15, 0.2) is 52.3 Å². The molecule has 4 aliphatic carbocycles. The van der Waals surface area contributed by atoms with Crippen LogP contribution in [0.1, 0.15) is 149 Å². The van der Waals surface area contributed by atoms with E-state index in [-0.39, 0.29) is 46.1 Å². The number of carbonyl (C=O) groups excluding carboxylic acids is 3. The Labute approximate surface area is 328 Å². The maximum atomic E-state index is 14.4. The van der Waals surface area contributed by atoms with Crippen LogP contribution < -0.4 is 10.2 Å². The molecule has 1 aliphatic heterocycles. The number of aliphatic hydroxyl groups excluding tert-OH is 1. The van der Waals surface area contributed by atoms with Gasteiger partial charge in [-0.3, -0.25) is 14.4 Å². The van der Waals surface area contributed by atoms with Crippen LogP contribution in [-0.4, -0.2) is 52.6 Å². The molecule has 0 unspecified atom stereocenters. The predicted molar refractivity (Wildman–Crippen MR) is 223 cm³/mol. The molecule has 0 saturated heterocycles. The van der Waals surface area contributed by atoms with E-state index in [4.69, 9.17) is 5.10 Å². The van der Waals surface area contributed by atoms with E-state index in [0.717, 1.165) is 73.5 Å². The molecule has 0 radical (unpaired) electrons. The van der Waals surface area contributed by atoms with E-state index in [1.54, 1.807) is 11.9 Å². The SMILES string of the molecule is CCN(CCCC1CCCC1)c1ccc(C2=C(O)/C(=C3\C(=O)N(C(C4CCCCC4)C4CCCCC4)N=C3C)C2=O)c(NC(=O)c2c(C)cc(C)cc2C)c1. The summed E-state index contributed by atoms with van der Waals surface area (Å²) in [6, 6.07) is 9.80. The third kappa shape index (κ3) is 7.93. The molecule has 1 heterocycles. The summed E-state index contributed by atoms with van der Waals surface area (Å²) in [6.07, 6.45) is 19.2. The second kappa shape index (κ2) is 16.9. The number of aliphatic hydroxyl groups is 1. The topological polar surface area (TPSA) is 102 Å². The van der Waals surface area contributed by atoms with E-state index < -0.39 is 0 Å². The number of amides is 2. The van der Waals surface area contributed by atoms with Gasteiger partial charge in [0.2, 0.25) is 5.78 Å². The summed E-state index contributed by atoms with van der Waals surface area (Å²) in [7, 11) is 0. The first-order valence-corrected chi connectivity index (χ1v) is 21.5. The summed E-state index contributed by atoms with van der Waals surface area (Å²) in [5.41, 5.74) is 6.19. The molecule has 5 aliphatic rings. The summed E-state index contributed by atoms with van der Waals surface area (Å²) in [5.74, 6) is 0.495. The number of nitrogens with one attached hydrogen (secondary N) is 1. The molecule has 0 atom stereocenters. The second-order valence-electron chi connectivity index (χ2n) is 17.3. The van der Waals surface area contributed by atoms with Crippen LogP contribution in [0.3, 0.4) is 0 Å². The molecular weight excluding hydrogens is 685 g/mol. The van der Waals surface area contributed by atoms with E-state index in [0.29, 0.717) is 34.4 Å². The zero-order valence-corrected chi connectivity index (χ0v) is 33.9. The van der Waals surface area contributed by atoms with E-state index in [1.165, 1.54) is 70.6 Å². The molecule has 8 heteroatoms. The molecule has 0 spiro atoms. The number of hydrazone groups is 1. The van der Waals surface area contributed by atoms with Crippen molar-refractivity contribution >= 4 is 40.3 Å². The number of nitrogens with zero attached hydrogens (tertiary/aromatic N) is 3. The van der Waals surface area contributed by atoms with Gasteiger partial charge in [0.25, 0.3) is 11.8 Å². The van der Waals surface area contributed by atoms with Crippen molar-refractivity contribution in [3.63, 3.8) is 0 Å². The molecule has 8 nitrogen and oxygen atoms in total. The number of aryl methyl sites for hydroxylation is 3. The largest absolute Gasteiger partial charge is 0.506 e. The smallest absolute Gasteiger partial charge is 0.277 e. The summed E-state index contributed by atoms with van der Waals surface area (Å²) in [4.78, 5) is 45.1. The molecule has 55 heavy (non-hydrogen) atoms. The molecule has 2 aromatic carbocycles. The highest BCUT2D eigenvalue weighted by atomic mass is 16.3. The zero-order valence-electron chi connectivity index (χ0n) is 33.9. The first kappa shape index (κ1) is 39.1. The van der Waals surface area contributed by atoms with E-state index in [2.05, 4.69) is 17.1 Å². The molecule has 2 N–H and O–H groups in total. The number of hydrogen-bond acceptors (Lipinski definition) is 6. The summed E-state index contributed by atoms with van der Waals surface area (Å²) < 4.78 is 0. The minimum Gasteiger partial charge on any atom is -0.506 e. The van der Waals surface area contributed by atoms with Gasteiger partial charge in [0, 0.05) is 29.9 Å². The van der Waals surface area contributed by atoms with Crippen molar-refractivity contribution in [1.29, 1.82) is 0 Å². The Hall–Kier alpha value is -4.20. The lowest BCUT2D eigenvalue weighted by molar-refractivity contribution is -0.131. The van der Waals surface area contributed by atoms with Crippen molar-refractivity contribution in [2.75, 3.05) is 23.3 Å². The van der Waals surface area contributed by atoms with E-state index in [1.807, 2.05) is 51.1 Å². The molecule has 3 fully saturated rings. The Bertz CT molecular complexity index is 1860. The molecule has 7 rings (SSSR count). The van der Waals surface area contributed by atoms with Crippen LogP contribution in [0.4, 0.5) is 11.4 Å². The molecular formula is C47H62N4O4. The van der Waals surface area contributed by atoms with Gasteiger partial charge in [-0.1, -0.05) is 81.9 Å². The quantitative estimate of drug-likeness (QED) is 0.211. The fourth-order valence-electron chi connectivity index (χ4n) is 10.7. The monoisotopic (exact) mass is 746 g/mol. The Kier molecular flexibility index (Phi) is 12.0. The number of allylic oxidation sites excluding steroid dienone is 2. The van der Waals surface area contributed by atoms with E-state index in [9.17, 15) is 19.5 Å². The lowest BCUT2D eigenvalue weighted by Crippen LogP contribution is -2.46. The van der Waals surface area contributed by atoms with Crippen molar-refractivity contribution in [1.82, 2.24) is 5.01 Å². The van der Waals surface area contributed by atoms with Gasteiger partial charge in [-0.05, 0) is 120 Å².